The van der Waals surface area contributed by atoms with Crippen LogP contribution in [0.5, 0.6) is 11.5 Å². The molecule has 16 heavy (non-hydrogen) atoms. The number of halogens is 1. The van der Waals surface area contributed by atoms with Crippen molar-refractivity contribution in [3.05, 3.63) is 22.7 Å². The van der Waals surface area contributed by atoms with E-state index in [0.717, 1.165) is 0 Å². The van der Waals surface area contributed by atoms with Crippen molar-refractivity contribution in [3.63, 3.8) is 0 Å². The van der Waals surface area contributed by atoms with E-state index in [-0.39, 0.29) is 6.61 Å². The lowest BCUT2D eigenvalue weighted by atomic mass is 10.2. The smallest absolute Gasteiger partial charge is 0.179 e. The third-order valence-electron chi connectivity index (χ3n) is 2.01. The normalized spacial score (nSPS) is 10.2. The van der Waals surface area contributed by atoms with Crippen LogP contribution in [0.1, 0.15) is 5.56 Å². The summed E-state index contributed by atoms with van der Waals surface area (Å²) in [7, 11) is 3.12. The second-order valence-corrected chi connectivity index (χ2v) is 3.52. The molecule has 0 fully saturated rings. The van der Waals surface area contributed by atoms with Gasteiger partial charge in [-0.05, 0) is 17.7 Å². The maximum atomic E-state index is 9.01. The summed E-state index contributed by atoms with van der Waals surface area (Å²) in [5.41, 5.74) is 0.681. The lowest BCUT2D eigenvalue weighted by Gasteiger charge is -2.13. The van der Waals surface area contributed by atoms with Crippen molar-refractivity contribution in [2.75, 3.05) is 27.4 Å². The van der Waals surface area contributed by atoms with Crippen LogP contribution in [0.25, 0.3) is 0 Å². The van der Waals surface area contributed by atoms with Crippen LogP contribution in [0.2, 0.25) is 5.02 Å². The van der Waals surface area contributed by atoms with Gasteiger partial charge < -0.3 is 19.3 Å². The predicted molar refractivity (Wildman–Crippen MR) is 61.3 cm³/mol. The maximum absolute atomic E-state index is 9.01. The number of hydrogen-bond acceptors (Lipinski definition) is 4. The highest BCUT2D eigenvalue weighted by Gasteiger charge is 2.11. The molecule has 5 heteroatoms. The summed E-state index contributed by atoms with van der Waals surface area (Å²) in [6.45, 7) is 0.778. The standard InChI is InChI=1S/C11H15ClO4/c1-14-3-4-16-11-9(12)5-8(7-13)6-10(11)15-2/h5-6,13H,3-4,7H2,1-2H3. The SMILES string of the molecule is COCCOc1c(Cl)cc(CO)cc1OC. The van der Waals surface area contributed by atoms with Crippen molar-refractivity contribution in [1.82, 2.24) is 0 Å². The van der Waals surface area contributed by atoms with Gasteiger partial charge in [0.15, 0.2) is 11.5 Å². The number of rotatable bonds is 6. The van der Waals surface area contributed by atoms with Gasteiger partial charge in [0.05, 0.1) is 25.3 Å². The molecule has 0 heterocycles. The Morgan fingerprint density at radius 1 is 1.25 bits per heavy atom. The van der Waals surface area contributed by atoms with Gasteiger partial charge in [-0.2, -0.15) is 0 Å². The van der Waals surface area contributed by atoms with E-state index in [2.05, 4.69) is 0 Å². The van der Waals surface area contributed by atoms with Gasteiger partial charge >= 0.3 is 0 Å². The van der Waals surface area contributed by atoms with E-state index in [0.29, 0.717) is 35.3 Å². The number of ether oxygens (including phenoxy) is 3. The molecule has 0 aliphatic rings. The first-order valence-electron chi connectivity index (χ1n) is 4.82. The zero-order valence-electron chi connectivity index (χ0n) is 9.33. The molecule has 0 radical (unpaired) electrons. The van der Waals surface area contributed by atoms with E-state index in [1.807, 2.05) is 0 Å². The number of benzene rings is 1. The van der Waals surface area contributed by atoms with Gasteiger partial charge in [0.2, 0.25) is 0 Å². The van der Waals surface area contributed by atoms with Crippen LogP contribution in [0.4, 0.5) is 0 Å². The van der Waals surface area contributed by atoms with Gasteiger partial charge in [0.25, 0.3) is 0 Å². The number of hydrogen-bond donors (Lipinski definition) is 1. The zero-order chi connectivity index (χ0) is 12.0. The second kappa shape index (κ2) is 6.58. The Hall–Kier alpha value is -0.970. The van der Waals surface area contributed by atoms with Crippen molar-refractivity contribution in [2.24, 2.45) is 0 Å². The van der Waals surface area contributed by atoms with E-state index in [4.69, 9.17) is 30.9 Å². The highest BCUT2D eigenvalue weighted by atomic mass is 35.5. The van der Waals surface area contributed by atoms with Crippen molar-refractivity contribution in [3.8, 4) is 11.5 Å². The van der Waals surface area contributed by atoms with Crippen LogP contribution in [-0.2, 0) is 11.3 Å². The Morgan fingerprint density at radius 3 is 2.56 bits per heavy atom. The predicted octanol–water partition coefficient (Wildman–Crippen LogP) is 1.87. The molecule has 0 saturated heterocycles. The number of aliphatic hydroxyl groups is 1. The number of methoxy groups -OCH3 is 2. The van der Waals surface area contributed by atoms with Crippen LogP contribution in [-0.4, -0.2) is 32.5 Å². The monoisotopic (exact) mass is 246 g/mol. The molecule has 1 aromatic rings. The molecule has 1 aromatic carbocycles. The Balaban J connectivity index is 2.88. The molecule has 4 nitrogen and oxygen atoms in total. The quantitative estimate of drug-likeness (QED) is 0.779. The van der Waals surface area contributed by atoms with E-state index >= 15 is 0 Å². The fraction of sp³-hybridized carbons (Fsp3) is 0.455. The van der Waals surface area contributed by atoms with E-state index in [9.17, 15) is 0 Å². The fourth-order valence-electron chi connectivity index (χ4n) is 1.23. The van der Waals surface area contributed by atoms with Crippen LogP contribution in [0.3, 0.4) is 0 Å². The Bertz CT molecular complexity index is 341. The van der Waals surface area contributed by atoms with Crippen molar-refractivity contribution in [2.45, 2.75) is 6.61 Å². The van der Waals surface area contributed by atoms with Crippen LogP contribution < -0.4 is 9.47 Å². The molecular weight excluding hydrogens is 232 g/mol. The summed E-state index contributed by atoms with van der Waals surface area (Å²) in [6, 6.07) is 3.33. The maximum Gasteiger partial charge on any atom is 0.179 e. The lowest BCUT2D eigenvalue weighted by molar-refractivity contribution is 0.144. The van der Waals surface area contributed by atoms with E-state index < -0.39 is 0 Å². The third-order valence-corrected chi connectivity index (χ3v) is 2.29. The molecule has 0 spiro atoms. The Kier molecular flexibility index (Phi) is 5.38. The van der Waals surface area contributed by atoms with Crippen LogP contribution >= 0.6 is 11.6 Å². The molecule has 1 N–H and O–H groups in total. The summed E-state index contributed by atoms with van der Waals surface area (Å²) in [4.78, 5) is 0. The molecule has 0 aliphatic carbocycles. The van der Waals surface area contributed by atoms with Gasteiger partial charge in [-0.3, -0.25) is 0 Å². The third kappa shape index (κ3) is 3.27. The fourth-order valence-corrected chi connectivity index (χ4v) is 1.52. The lowest BCUT2D eigenvalue weighted by Crippen LogP contribution is -2.06. The van der Waals surface area contributed by atoms with Crippen molar-refractivity contribution in [1.29, 1.82) is 0 Å². The van der Waals surface area contributed by atoms with E-state index in [1.165, 1.54) is 7.11 Å². The number of aliphatic hydroxyl groups excluding tert-OH is 1. The molecule has 0 aromatic heterocycles. The molecular formula is C11H15ClO4. The van der Waals surface area contributed by atoms with Crippen molar-refractivity contribution < 1.29 is 19.3 Å². The minimum atomic E-state index is -0.0889. The highest BCUT2D eigenvalue weighted by molar-refractivity contribution is 6.32. The first-order chi connectivity index (χ1) is 7.72. The zero-order valence-corrected chi connectivity index (χ0v) is 10.1. The summed E-state index contributed by atoms with van der Waals surface area (Å²) in [6.07, 6.45) is 0. The second-order valence-electron chi connectivity index (χ2n) is 3.11. The highest BCUT2D eigenvalue weighted by Crippen LogP contribution is 2.36. The molecule has 0 aliphatic heterocycles. The summed E-state index contributed by atoms with van der Waals surface area (Å²) < 4.78 is 15.4. The van der Waals surface area contributed by atoms with Gasteiger partial charge in [0, 0.05) is 7.11 Å². The Morgan fingerprint density at radius 2 is 2.00 bits per heavy atom. The largest absolute Gasteiger partial charge is 0.493 e. The molecule has 0 amide bonds. The first kappa shape index (κ1) is 13.1. The minimum absolute atomic E-state index is 0.0889. The van der Waals surface area contributed by atoms with Crippen LogP contribution in [0.15, 0.2) is 12.1 Å². The van der Waals surface area contributed by atoms with Crippen molar-refractivity contribution >= 4 is 11.6 Å². The molecule has 0 unspecified atom stereocenters. The average Bonchev–Trinajstić information content (AvgIpc) is 2.30. The average molecular weight is 247 g/mol. The summed E-state index contributed by atoms with van der Waals surface area (Å²) in [5, 5.41) is 9.43. The molecule has 90 valence electrons. The van der Waals surface area contributed by atoms with Gasteiger partial charge in [0.1, 0.15) is 6.61 Å². The van der Waals surface area contributed by atoms with Gasteiger partial charge in [-0.25, -0.2) is 0 Å². The molecule has 0 atom stereocenters. The minimum Gasteiger partial charge on any atom is -0.493 e. The topological polar surface area (TPSA) is 47.9 Å². The molecule has 1 rings (SSSR count). The van der Waals surface area contributed by atoms with Crippen LogP contribution in [0, 0.1) is 0 Å². The Labute approximate surface area is 99.7 Å². The summed E-state index contributed by atoms with van der Waals surface area (Å²) >= 11 is 6.01. The summed E-state index contributed by atoms with van der Waals surface area (Å²) in [5.74, 6) is 0.978. The molecule has 0 saturated carbocycles. The molecule has 0 bridgehead atoms. The van der Waals surface area contributed by atoms with Gasteiger partial charge in [-0.1, -0.05) is 11.6 Å². The van der Waals surface area contributed by atoms with E-state index in [1.54, 1.807) is 19.2 Å². The van der Waals surface area contributed by atoms with Gasteiger partial charge in [-0.15, -0.1) is 0 Å². The first-order valence-corrected chi connectivity index (χ1v) is 5.19.